The molecule has 0 saturated carbocycles. The second-order valence-electron chi connectivity index (χ2n) is 7.22. The van der Waals surface area contributed by atoms with Gasteiger partial charge in [0.15, 0.2) is 11.5 Å². The Morgan fingerprint density at radius 1 is 0.800 bits per heavy atom. The third kappa shape index (κ3) is 4.67. The molecule has 0 aromatic heterocycles. The van der Waals surface area contributed by atoms with Crippen LogP contribution in [-0.4, -0.2) is 69.1 Å². The van der Waals surface area contributed by atoms with Gasteiger partial charge in [0.25, 0.3) is 5.91 Å². The van der Waals surface area contributed by atoms with E-state index >= 15 is 0 Å². The second kappa shape index (κ2) is 9.52. The van der Waals surface area contributed by atoms with Gasteiger partial charge in [-0.15, -0.1) is 0 Å². The van der Waals surface area contributed by atoms with E-state index in [-0.39, 0.29) is 11.8 Å². The topological polar surface area (TPSA) is 68.3 Å². The van der Waals surface area contributed by atoms with Gasteiger partial charge in [-0.3, -0.25) is 9.59 Å². The molecular weight excluding hydrogens is 384 g/mol. The molecule has 1 heterocycles. The number of piperazine rings is 1. The van der Waals surface area contributed by atoms with Crippen LogP contribution in [0.4, 0.5) is 0 Å². The summed E-state index contributed by atoms with van der Waals surface area (Å²) in [4.78, 5) is 29.1. The molecule has 160 valence electrons. The zero-order valence-corrected chi connectivity index (χ0v) is 17.9. The second-order valence-corrected chi connectivity index (χ2v) is 7.22. The Balaban J connectivity index is 1.59. The van der Waals surface area contributed by atoms with Crippen LogP contribution in [0.1, 0.15) is 21.5 Å². The molecular formula is C23H28N2O5. The van der Waals surface area contributed by atoms with Gasteiger partial charge in [-0.2, -0.15) is 0 Å². The summed E-state index contributed by atoms with van der Waals surface area (Å²) in [5.41, 5.74) is 2.50. The quantitative estimate of drug-likeness (QED) is 0.729. The summed E-state index contributed by atoms with van der Waals surface area (Å²) >= 11 is 0. The smallest absolute Gasteiger partial charge is 0.254 e. The van der Waals surface area contributed by atoms with Crippen molar-refractivity contribution in [2.75, 3.05) is 47.5 Å². The molecule has 2 amide bonds. The number of ether oxygens (including phenoxy) is 3. The Morgan fingerprint density at radius 2 is 1.43 bits per heavy atom. The standard InChI is InChI=1S/C23H28N2O5/c1-16-5-6-17(13-20(16)29-3)14-22(26)24-9-11-25(12-10-24)23(27)18-7-8-19(28-2)21(15-18)30-4/h5-8,13,15H,9-12,14H2,1-4H3. The summed E-state index contributed by atoms with van der Waals surface area (Å²) < 4.78 is 15.9. The maximum atomic E-state index is 12.8. The predicted molar refractivity (Wildman–Crippen MR) is 113 cm³/mol. The fraction of sp³-hybridized carbons (Fsp3) is 0.391. The molecule has 0 spiro atoms. The molecule has 1 saturated heterocycles. The van der Waals surface area contributed by atoms with Crippen molar-refractivity contribution in [2.45, 2.75) is 13.3 Å². The highest BCUT2D eigenvalue weighted by Gasteiger charge is 2.25. The largest absolute Gasteiger partial charge is 0.496 e. The van der Waals surface area contributed by atoms with E-state index in [0.29, 0.717) is 49.7 Å². The normalized spacial score (nSPS) is 13.7. The molecule has 0 bridgehead atoms. The molecule has 0 atom stereocenters. The van der Waals surface area contributed by atoms with Crippen LogP contribution in [0.25, 0.3) is 0 Å². The van der Waals surface area contributed by atoms with E-state index in [1.165, 1.54) is 0 Å². The average molecular weight is 412 g/mol. The van der Waals surface area contributed by atoms with E-state index in [0.717, 1.165) is 16.9 Å². The van der Waals surface area contributed by atoms with Crippen LogP contribution in [0.3, 0.4) is 0 Å². The van der Waals surface area contributed by atoms with Gasteiger partial charge in [0.1, 0.15) is 5.75 Å². The lowest BCUT2D eigenvalue weighted by atomic mass is 10.1. The van der Waals surface area contributed by atoms with E-state index in [2.05, 4.69) is 0 Å². The number of methoxy groups -OCH3 is 3. The Kier molecular flexibility index (Phi) is 6.82. The van der Waals surface area contributed by atoms with E-state index in [4.69, 9.17) is 14.2 Å². The van der Waals surface area contributed by atoms with Gasteiger partial charge in [-0.1, -0.05) is 12.1 Å². The first-order chi connectivity index (χ1) is 14.5. The van der Waals surface area contributed by atoms with Crippen LogP contribution >= 0.6 is 0 Å². The monoisotopic (exact) mass is 412 g/mol. The van der Waals surface area contributed by atoms with Crippen molar-refractivity contribution in [1.29, 1.82) is 0 Å². The van der Waals surface area contributed by atoms with Gasteiger partial charge in [0.2, 0.25) is 5.91 Å². The fourth-order valence-corrected chi connectivity index (χ4v) is 3.57. The molecule has 1 aliphatic rings. The summed E-state index contributed by atoms with van der Waals surface area (Å²) in [5.74, 6) is 1.86. The summed E-state index contributed by atoms with van der Waals surface area (Å²) in [7, 11) is 4.73. The van der Waals surface area contributed by atoms with Gasteiger partial charge in [0, 0.05) is 31.7 Å². The van der Waals surface area contributed by atoms with Crippen LogP contribution in [-0.2, 0) is 11.2 Å². The van der Waals surface area contributed by atoms with Crippen LogP contribution < -0.4 is 14.2 Å². The van der Waals surface area contributed by atoms with Crippen LogP contribution in [0.5, 0.6) is 17.2 Å². The average Bonchev–Trinajstić information content (AvgIpc) is 2.79. The maximum Gasteiger partial charge on any atom is 0.254 e. The van der Waals surface area contributed by atoms with Gasteiger partial charge >= 0.3 is 0 Å². The van der Waals surface area contributed by atoms with Crippen molar-refractivity contribution in [1.82, 2.24) is 9.80 Å². The highest BCUT2D eigenvalue weighted by Crippen LogP contribution is 2.28. The molecule has 2 aromatic rings. The van der Waals surface area contributed by atoms with Crippen LogP contribution in [0.2, 0.25) is 0 Å². The molecule has 1 fully saturated rings. The first-order valence-electron chi connectivity index (χ1n) is 9.89. The van der Waals surface area contributed by atoms with Crippen molar-refractivity contribution in [3.63, 3.8) is 0 Å². The lowest BCUT2D eigenvalue weighted by Crippen LogP contribution is -2.51. The van der Waals surface area contributed by atoms with Crippen molar-refractivity contribution >= 4 is 11.8 Å². The molecule has 7 heteroatoms. The molecule has 0 radical (unpaired) electrons. The van der Waals surface area contributed by atoms with Gasteiger partial charge < -0.3 is 24.0 Å². The summed E-state index contributed by atoms with van der Waals surface area (Å²) in [6, 6.07) is 11.0. The maximum absolute atomic E-state index is 12.8. The molecule has 0 aliphatic carbocycles. The number of hydrogen-bond donors (Lipinski definition) is 0. The lowest BCUT2D eigenvalue weighted by Gasteiger charge is -2.35. The van der Waals surface area contributed by atoms with Crippen molar-refractivity contribution in [2.24, 2.45) is 0 Å². The molecule has 2 aromatic carbocycles. The number of carbonyl (C=O) groups is 2. The van der Waals surface area contributed by atoms with Crippen molar-refractivity contribution in [3.8, 4) is 17.2 Å². The molecule has 0 unspecified atom stereocenters. The molecule has 30 heavy (non-hydrogen) atoms. The summed E-state index contributed by atoms with van der Waals surface area (Å²) in [6.07, 6.45) is 0.320. The Labute approximate surface area is 177 Å². The summed E-state index contributed by atoms with van der Waals surface area (Å²) in [5, 5.41) is 0. The number of rotatable bonds is 6. The number of nitrogens with zero attached hydrogens (tertiary/aromatic N) is 2. The van der Waals surface area contributed by atoms with Crippen LogP contribution in [0, 0.1) is 6.92 Å². The number of benzene rings is 2. The minimum Gasteiger partial charge on any atom is -0.496 e. The zero-order chi connectivity index (χ0) is 21.7. The van der Waals surface area contributed by atoms with Crippen molar-refractivity contribution < 1.29 is 23.8 Å². The molecule has 7 nitrogen and oxygen atoms in total. The van der Waals surface area contributed by atoms with Crippen LogP contribution in [0.15, 0.2) is 36.4 Å². The number of amides is 2. The first kappa shape index (κ1) is 21.5. The van der Waals surface area contributed by atoms with Gasteiger partial charge in [-0.25, -0.2) is 0 Å². The summed E-state index contributed by atoms with van der Waals surface area (Å²) in [6.45, 7) is 3.99. The molecule has 3 rings (SSSR count). The Bertz CT molecular complexity index is 920. The van der Waals surface area contributed by atoms with Crippen molar-refractivity contribution in [3.05, 3.63) is 53.1 Å². The van der Waals surface area contributed by atoms with E-state index in [1.54, 1.807) is 44.4 Å². The molecule has 1 aliphatic heterocycles. The minimum absolute atomic E-state index is 0.0547. The number of hydrogen-bond acceptors (Lipinski definition) is 5. The molecule has 0 N–H and O–H groups in total. The third-order valence-electron chi connectivity index (χ3n) is 5.38. The van der Waals surface area contributed by atoms with E-state index < -0.39 is 0 Å². The predicted octanol–water partition coefficient (Wildman–Crippen LogP) is 2.55. The number of carbonyl (C=O) groups excluding carboxylic acids is 2. The number of aryl methyl sites for hydroxylation is 1. The first-order valence-corrected chi connectivity index (χ1v) is 9.89. The van der Waals surface area contributed by atoms with E-state index in [1.807, 2.05) is 30.0 Å². The third-order valence-corrected chi connectivity index (χ3v) is 5.38. The Hall–Kier alpha value is -3.22. The highest BCUT2D eigenvalue weighted by atomic mass is 16.5. The highest BCUT2D eigenvalue weighted by molar-refractivity contribution is 5.95. The minimum atomic E-state index is -0.0775. The Morgan fingerprint density at radius 3 is 2.07 bits per heavy atom. The lowest BCUT2D eigenvalue weighted by molar-refractivity contribution is -0.131. The zero-order valence-electron chi connectivity index (χ0n) is 17.9. The fourth-order valence-electron chi connectivity index (χ4n) is 3.57. The van der Waals surface area contributed by atoms with Gasteiger partial charge in [0.05, 0.1) is 27.8 Å². The van der Waals surface area contributed by atoms with Gasteiger partial charge in [-0.05, 0) is 42.3 Å². The van der Waals surface area contributed by atoms with E-state index in [9.17, 15) is 9.59 Å². The SMILES string of the molecule is COc1cc(CC(=O)N2CCN(C(=O)c3ccc(OC)c(OC)c3)CC2)ccc1C.